The molecule has 29 heavy (non-hydrogen) atoms. The van der Waals surface area contributed by atoms with E-state index in [1.165, 1.54) is 12.3 Å². The number of carbonyl (C=O) groups excluding carboxylic acids is 1. The lowest BCUT2D eigenvalue weighted by molar-refractivity contribution is 0.102. The molecule has 1 fully saturated rings. The molecule has 1 amide bonds. The zero-order valence-electron chi connectivity index (χ0n) is 15.4. The minimum atomic E-state index is -1.02. The molecular formula is C20H18F2N6O. The highest BCUT2D eigenvalue weighted by Crippen LogP contribution is 2.20. The molecule has 3 heterocycles. The second-order valence-electron chi connectivity index (χ2n) is 6.54. The lowest BCUT2D eigenvalue weighted by Crippen LogP contribution is -2.47. The number of hydrogen-bond donors (Lipinski definition) is 1. The third-order valence-electron chi connectivity index (χ3n) is 4.64. The zero-order chi connectivity index (χ0) is 20.2. The van der Waals surface area contributed by atoms with Crippen LogP contribution in [0, 0.1) is 11.6 Å². The second-order valence-corrected chi connectivity index (χ2v) is 6.54. The molecule has 0 spiro atoms. The van der Waals surface area contributed by atoms with E-state index in [2.05, 4.69) is 30.1 Å². The second kappa shape index (κ2) is 8.17. The molecule has 1 N–H and O–H groups in total. The van der Waals surface area contributed by atoms with Crippen LogP contribution in [-0.4, -0.2) is 47.0 Å². The first-order valence-electron chi connectivity index (χ1n) is 9.08. The fourth-order valence-corrected chi connectivity index (χ4v) is 3.12. The van der Waals surface area contributed by atoms with Gasteiger partial charge < -0.3 is 15.1 Å². The maximum atomic E-state index is 13.3. The molecule has 2 aromatic heterocycles. The minimum Gasteiger partial charge on any atom is -0.367 e. The van der Waals surface area contributed by atoms with E-state index >= 15 is 0 Å². The summed E-state index contributed by atoms with van der Waals surface area (Å²) in [4.78, 5) is 29.4. The van der Waals surface area contributed by atoms with Crippen molar-refractivity contribution in [3.05, 3.63) is 72.3 Å². The fourth-order valence-electron chi connectivity index (χ4n) is 3.12. The number of piperazine rings is 1. The molecule has 4 rings (SSSR count). The van der Waals surface area contributed by atoms with Crippen LogP contribution < -0.4 is 15.1 Å². The summed E-state index contributed by atoms with van der Waals surface area (Å²) in [5, 5.41) is 2.56. The summed E-state index contributed by atoms with van der Waals surface area (Å²) in [5.41, 5.74) is 1.33. The van der Waals surface area contributed by atoms with Crippen molar-refractivity contribution in [1.82, 2.24) is 15.0 Å². The molecule has 0 saturated carbocycles. The summed E-state index contributed by atoms with van der Waals surface area (Å²) in [6, 6.07) is 6.72. The van der Waals surface area contributed by atoms with Gasteiger partial charge >= 0.3 is 0 Å². The molecule has 148 valence electrons. The molecule has 1 aliphatic heterocycles. The van der Waals surface area contributed by atoms with Crippen molar-refractivity contribution in [3.63, 3.8) is 0 Å². The van der Waals surface area contributed by atoms with Gasteiger partial charge in [-0.2, -0.15) is 0 Å². The van der Waals surface area contributed by atoms with Gasteiger partial charge in [0.25, 0.3) is 5.91 Å². The molecule has 0 atom stereocenters. The number of benzene rings is 1. The van der Waals surface area contributed by atoms with E-state index in [1.54, 1.807) is 30.7 Å². The van der Waals surface area contributed by atoms with E-state index in [0.717, 1.165) is 44.0 Å². The number of rotatable bonds is 4. The Morgan fingerprint density at radius 2 is 1.66 bits per heavy atom. The van der Waals surface area contributed by atoms with Gasteiger partial charge in [0.2, 0.25) is 5.95 Å². The monoisotopic (exact) mass is 396 g/mol. The number of pyridine rings is 1. The molecule has 0 unspecified atom stereocenters. The quantitative estimate of drug-likeness (QED) is 0.731. The molecule has 0 aliphatic carbocycles. The Kier molecular flexibility index (Phi) is 5.28. The highest BCUT2D eigenvalue weighted by molar-refractivity contribution is 6.04. The van der Waals surface area contributed by atoms with E-state index in [1.807, 2.05) is 0 Å². The largest absolute Gasteiger partial charge is 0.367 e. The van der Waals surface area contributed by atoms with Gasteiger partial charge in [-0.05, 0) is 24.3 Å². The fraction of sp³-hybridized carbons (Fsp3) is 0.200. The molecule has 9 heteroatoms. The Hall–Kier alpha value is -3.62. The Labute approximate surface area is 166 Å². The smallest absolute Gasteiger partial charge is 0.257 e. The highest BCUT2D eigenvalue weighted by Gasteiger charge is 2.20. The first-order chi connectivity index (χ1) is 14.1. The van der Waals surface area contributed by atoms with Gasteiger partial charge in [-0.1, -0.05) is 0 Å². The van der Waals surface area contributed by atoms with Crippen LogP contribution in [0.3, 0.4) is 0 Å². The van der Waals surface area contributed by atoms with Crippen molar-refractivity contribution in [2.75, 3.05) is 41.3 Å². The molecule has 1 aromatic carbocycles. The molecule has 3 aromatic rings. The number of nitrogens with zero attached hydrogens (tertiary/aromatic N) is 5. The van der Waals surface area contributed by atoms with Crippen LogP contribution in [0.2, 0.25) is 0 Å². The van der Waals surface area contributed by atoms with Gasteiger partial charge in [-0.25, -0.2) is 18.7 Å². The standard InChI is InChI=1S/C20H18F2N6O/c21-17-3-2-15(11-18(17)22)26-19(29)14-10-16(13-23-12-14)27-6-8-28(9-7-27)20-24-4-1-5-25-20/h1-5,10-13H,6-9H2,(H,26,29). The molecule has 0 radical (unpaired) electrons. The third-order valence-corrected chi connectivity index (χ3v) is 4.64. The van der Waals surface area contributed by atoms with E-state index in [-0.39, 0.29) is 5.69 Å². The average molecular weight is 396 g/mol. The number of aromatic nitrogens is 3. The van der Waals surface area contributed by atoms with Crippen molar-refractivity contribution in [1.29, 1.82) is 0 Å². The Bertz CT molecular complexity index is 1010. The van der Waals surface area contributed by atoms with Crippen molar-refractivity contribution >= 4 is 23.2 Å². The Morgan fingerprint density at radius 1 is 0.931 bits per heavy atom. The van der Waals surface area contributed by atoms with Gasteiger partial charge in [0.1, 0.15) is 0 Å². The Morgan fingerprint density at radius 3 is 2.38 bits per heavy atom. The summed E-state index contributed by atoms with van der Waals surface area (Å²) in [5.74, 6) is -1.73. The molecule has 1 saturated heterocycles. The maximum absolute atomic E-state index is 13.3. The zero-order valence-corrected chi connectivity index (χ0v) is 15.4. The van der Waals surface area contributed by atoms with Crippen molar-refractivity contribution in [2.45, 2.75) is 0 Å². The summed E-state index contributed by atoms with van der Waals surface area (Å²) in [7, 11) is 0. The number of amides is 1. The van der Waals surface area contributed by atoms with Gasteiger partial charge in [0, 0.05) is 56.5 Å². The summed E-state index contributed by atoms with van der Waals surface area (Å²) in [6.07, 6.45) is 6.57. The molecule has 7 nitrogen and oxygen atoms in total. The number of anilines is 3. The van der Waals surface area contributed by atoms with Gasteiger partial charge in [0.15, 0.2) is 11.6 Å². The van der Waals surface area contributed by atoms with Crippen molar-refractivity contribution in [2.24, 2.45) is 0 Å². The summed E-state index contributed by atoms with van der Waals surface area (Å²) >= 11 is 0. The van der Waals surface area contributed by atoms with Gasteiger partial charge in [-0.3, -0.25) is 9.78 Å². The average Bonchev–Trinajstić information content (AvgIpc) is 2.77. The SMILES string of the molecule is O=C(Nc1ccc(F)c(F)c1)c1cncc(N2CCN(c3ncccn3)CC2)c1. The lowest BCUT2D eigenvalue weighted by atomic mass is 10.2. The maximum Gasteiger partial charge on any atom is 0.257 e. The van der Waals surface area contributed by atoms with Crippen LogP contribution in [0.5, 0.6) is 0 Å². The molecule has 0 bridgehead atoms. The topological polar surface area (TPSA) is 74.2 Å². The van der Waals surface area contributed by atoms with Crippen LogP contribution in [0.1, 0.15) is 10.4 Å². The van der Waals surface area contributed by atoms with E-state index in [9.17, 15) is 13.6 Å². The van der Waals surface area contributed by atoms with Crippen LogP contribution in [0.4, 0.5) is 26.1 Å². The van der Waals surface area contributed by atoms with E-state index < -0.39 is 17.5 Å². The van der Waals surface area contributed by atoms with Crippen LogP contribution in [0.15, 0.2) is 55.1 Å². The number of carbonyl (C=O) groups is 1. The first kappa shape index (κ1) is 18.7. The van der Waals surface area contributed by atoms with Gasteiger partial charge in [-0.15, -0.1) is 0 Å². The highest BCUT2D eigenvalue weighted by atomic mass is 19.2. The van der Waals surface area contributed by atoms with Gasteiger partial charge in [0.05, 0.1) is 17.4 Å². The summed E-state index contributed by atoms with van der Waals surface area (Å²) < 4.78 is 26.4. The normalized spacial score (nSPS) is 14.0. The number of halogens is 2. The number of hydrogen-bond acceptors (Lipinski definition) is 6. The number of nitrogens with one attached hydrogen (secondary N) is 1. The lowest BCUT2D eigenvalue weighted by Gasteiger charge is -2.35. The van der Waals surface area contributed by atoms with Crippen LogP contribution in [0.25, 0.3) is 0 Å². The predicted molar refractivity (Wildman–Crippen MR) is 105 cm³/mol. The Balaban J connectivity index is 1.42. The van der Waals surface area contributed by atoms with Crippen molar-refractivity contribution in [3.8, 4) is 0 Å². The van der Waals surface area contributed by atoms with E-state index in [4.69, 9.17) is 0 Å². The molecular weight excluding hydrogens is 378 g/mol. The minimum absolute atomic E-state index is 0.177. The van der Waals surface area contributed by atoms with Crippen LogP contribution >= 0.6 is 0 Å². The van der Waals surface area contributed by atoms with Crippen LogP contribution in [-0.2, 0) is 0 Å². The van der Waals surface area contributed by atoms with Crippen molar-refractivity contribution < 1.29 is 13.6 Å². The molecule has 1 aliphatic rings. The third kappa shape index (κ3) is 4.29. The predicted octanol–water partition coefficient (Wildman–Crippen LogP) is 2.73. The first-order valence-corrected chi connectivity index (χ1v) is 9.08. The summed E-state index contributed by atoms with van der Waals surface area (Å²) in [6.45, 7) is 2.95. The van der Waals surface area contributed by atoms with E-state index in [0.29, 0.717) is 11.5 Å².